The van der Waals surface area contributed by atoms with Crippen molar-refractivity contribution in [3.05, 3.63) is 11.8 Å². The summed E-state index contributed by atoms with van der Waals surface area (Å²) >= 11 is 0. The number of piperidine rings is 1. The van der Waals surface area contributed by atoms with Crippen molar-refractivity contribution in [2.24, 2.45) is 0 Å². The molecule has 0 aromatic carbocycles. The fourth-order valence-corrected chi connectivity index (χ4v) is 3.35. The van der Waals surface area contributed by atoms with Gasteiger partial charge in [0.25, 0.3) is 0 Å². The molecule has 3 aliphatic heterocycles. The van der Waals surface area contributed by atoms with Crippen molar-refractivity contribution in [3.8, 4) is 0 Å². The summed E-state index contributed by atoms with van der Waals surface area (Å²) in [6, 6.07) is 0.881. The molecule has 0 aromatic rings. The largest absolute Gasteiger partial charge is 0.375 e. The molecule has 0 spiro atoms. The predicted molar refractivity (Wildman–Crippen MR) is 62.7 cm³/mol. The van der Waals surface area contributed by atoms with Gasteiger partial charge in [-0.3, -0.25) is 4.90 Å². The summed E-state index contributed by atoms with van der Waals surface area (Å²) in [5, 5.41) is 0. The van der Waals surface area contributed by atoms with Gasteiger partial charge in [0.15, 0.2) is 0 Å². The monoisotopic (exact) mass is 206 g/mol. The molecule has 0 saturated carbocycles. The van der Waals surface area contributed by atoms with Crippen molar-refractivity contribution in [1.82, 2.24) is 9.80 Å². The van der Waals surface area contributed by atoms with Crippen LogP contribution in [0.3, 0.4) is 0 Å². The van der Waals surface area contributed by atoms with Crippen LogP contribution in [0.1, 0.15) is 38.5 Å². The summed E-state index contributed by atoms with van der Waals surface area (Å²) in [4.78, 5) is 5.31. The number of likely N-dealkylation sites (tertiary alicyclic amines) is 1. The summed E-state index contributed by atoms with van der Waals surface area (Å²) in [5.74, 6) is 0. The normalized spacial score (nSPS) is 32.7. The molecule has 2 heteroatoms. The first-order valence-electron chi connectivity index (χ1n) is 6.61. The lowest BCUT2D eigenvalue weighted by atomic mass is 10.0. The van der Waals surface area contributed by atoms with Gasteiger partial charge in [0.1, 0.15) is 0 Å². The molecule has 0 amide bonds. The van der Waals surface area contributed by atoms with Crippen LogP contribution >= 0.6 is 0 Å². The Hall–Kier alpha value is -0.500. The molecule has 84 valence electrons. The molecule has 1 unspecified atom stereocenters. The zero-order chi connectivity index (χ0) is 10.1. The smallest absolute Gasteiger partial charge is 0.0186 e. The first-order chi connectivity index (χ1) is 7.43. The van der Waals surface area contributed by atoms with Crippen LogP contribution in [0.25, 0.3) is 0 Å². The maximum Gasteiger partial charge on any atom is 0.0186 e. The van der Waals surface area contributed by atoms with Crippen LogP contribution in [0.2, 0.25) is 0 Å². The summed E-state index contributed by atoms with van der Waals surface area (Å²) in [5.41, 5.74) is 1.66. The Morgan fingerprint density at radius 3 is 2.73 bits per heavy atom. The van der Waals surface area contributed by atoms with E-state index in [0.29, 0.717) is 0 Å². The SMILES string of the molecule is C1=C(N2CCCCC2)CC2CCCN2C1. The molecule has 2 nitrogen and oxygen atoms in total. The van der Waals surface area contributed by atoms with Crippen molar-refractivity contribution in [2.75, 3.05) is 26.2 Å². The van der Waals surface area contributed by atoms with Gasteiger partial charge in [-0.2, -0.15) is 0 Å². The van der Waals surface area contributed by atoms with E-state index in [0.717, 1.165) is 6.04 Å². The molecule has 2 fully saturated rings. The number of rotatable bonds is 1. The number of nitrogens with zero attached hydrogens (tertiary/aromatic N) is 2. The predicted octanol–water partition coefficient (Wildman–Crippen LogP) is 2.22. The van der Waals surface area contributed by atoms with Crippen LogP contribution in [0.5, 0.6) is 0 Å². The van der Waals surface area contributed by atoms with E-state index in [2.05, 4.69) is 15.9 Å². The van der Waals surface area contributed by atoms with Crippen molar-refractivity contribution < 1.29 is 0 Å². The number of fused-ring (bicyclic) bond motifs is 1. The molecule has 15 heavy (non-hydrogen) atoms. The molecule has 1 atom stereocenters. The van der Waals surface area contributed by atoms with E-state index < -0.39 is 0 Å². The highest BCUT2D eigenvalue weighted by atomic mass is 15.2. The van der Waals surface area contributed by atoms with Crippen LogP contribution in [0, 0.1) is 0 Å². The van der Waals surface area contributed by atoms with Crippen LogP contribution in [0.4, 0.5) is 0 Å². The van der Waals surface area contributed by atoms with E-state index in [1.807, 2.05) is 0 Å². The Morgan fingerprint density at radius 1 is 1.00 bits per heavy atom. The second-order valence-corrected chi connectivity index (χ2v) is 5.24. The molecule has 0 radical (unpaired) electrons. The molecule has 3 rings (SSSR count). The first kappa shape index (κ1) is 9.71. The van der Waals surface area contributed by atoms with Crippen LogP contribution < -0.4 is 0 Å². The lowest BCUT2D eigenvalue weighted by Crippen LogP contribution is -2.39. The van der Waals surface area contributed by atoms with Crippen LogP contribution in [0.15, 0.2) is 11.8 Å². The van der Waals surface area contributed by atoms with Crippen LogP contribution in [-0.2, 0) is 0 Å². The third-order valence-electron chi connectivity index (χ3n) is 4.27. The quantitative estimate of drug-likeness (QED) is 0.649. The summed E-state index contributed by atoms with van der Waals surface area (Å²) in [6.07, 6.45) is 10.9. The Balaban J connectivity index is 1.66. The van der Waals surface area contributed by atoms with Crippen LogP contribution in [-0.4, -0.2) is 42.0 Å². The molecule has 2 saturated heterocycles. The third-order valence-corrected chi connectivity index (χ3v) is 4.27. The van der Waals surface area contributed by atoms with Gasteiger partial charge in [0, 0.05) is 37.8 Å². The highest BCUT2D eigenvalue weighted by Crippen LogP contribution is 2.29. The highest BCUT2D eigenvalue weighted by Gasteiger charge is 2.29. The highest BCUT2D eigenvalue weighted by molar-refractivity contribution is 5.11. The average molecular weight is 206 g/mol. The lowest BCUT2D eigenvalue weighted by molar-refractivity contribution is 0.212. The summed E-state index contributed by atoms with van der Waals surface area (Å²) in [7, 11) is 0. The molecule has 3 heterocycles. The van der Waals surface area contributed by atoms with Gasteiger partial charge < -0.3 is 4.90 Å². The maximum atomic E-state index is 2.66. The lowest BCUT2D eigenvalue weighted by Gasteiger charge is -2.37. The van der Waals surface area contributed by atoms with E-state index in [-0.39, 0.29) is 0 Å². The van der Waals surface area contributed by atoms with Gasteiger partial charge in [-0.1, -0.05) is 6.08 Å². The Labute approximate surface area is 92.9 Å². The second-order valence-electron chi connectivity index (χ2n) is 5.24. The number of hydrogen-bond donors (Lipinski definition) is 0. The molecule has 0 aromatic heterocycles. The van der Waals surface area contributed by atoms with Crippen molar-refractivity contribution in [2.45, 2.75) is 44.6 Å². The van der Waals surface area contributed by atoms with Crippen molar-refractivity contribution in [1.29, 1.82) is 0 Å². The number of hydrogen-bond acceptors (Lipinski definition) is 2. The Bertz CT molecular complexity index is 253. The topological polar surface area (TPSA) is 6.48 Å². The minimum absolute atomic E-state index is 0.881. The van der Waals surface area contributed by atoms with Gasteiger partial charge in [-0.05, 0) is 38.6 Å². The molecule has 0 bridgehead atoms. The molecular weight excluding hydrogens is 184 g/mol. The van der Waals surface area contributed by atoms with Gasteiger partial charge in [0.05, 0.1) is 0 Å². The molecule has 0 N–H and O–H groups in total. The standard InChI is InChI=1S/C13H22N2/c1-2-7-14(8-3-1)13-6-10-15-9-4-5-12(15)11-13/h6,12H,1-5,7-11H2. The fraction of sp³-hybridized carbons (Fsp3) is 0.846. The summed E-state index contributed by atoms with van der Waals surface area (Å²) < 4.78 is 0. The fourth-order valence-electron chi connectivity index (χ4n) is 3.35. The van der Waals surface area contributed by atoms with E-state index >= 15 is 0 Å². The van der Waals surface area contributed by atoms with Gasteiger partial charge in [-0.15, -0.1) is 0 Å². The first-order valence-corrected chi connectivity index (χ1v) is 6.61. The summed E-state index contributed by atoms with van der Waals surface area (Å²) in [6.45, 7) is 5.20. The zero-order valence-electron chi connectivity index (χ0n) is 9.62. The van der Waals surface area contributed by atoms with Gasteiger partial charge >= 0.3 is 0 Å². The minimum atomic E-state index is 0.881. The van der Waals surface area contributed by atoms with E-state index in [1.54, 1.807) is 5.70 Å². The average Bonchev–Trinajstić information content (AvgIpc) is 2.77. The minimum Gasteiger partial charge on any atom is -0.375 e. The molecule has 3 aliphatic rings. The Morgan fingerprint density at radius 2 is 1.87 bits per heavy atom. The maximum absolute atomic E-state index is 2.66. The van der Waals surface area contributed by atoms with Gasteiger partial charge in [-0.25, -0.2) is 0 Å². The molecule has 0 aliphatic carbocycles. The van der Waals surface area contributed by atoms with E-state index in [9.17, 15) is 0 Å². The van der Waals surface area contributed by atoms with Crippen molar-refractivity contribution in [3.63, 3.8) is 0 Å². The van der Waals surface area contributed by atoms with E-state index in [1.165, 1.54) is 64.7 Å². The zero-order valence-corrected chi connectivity index (χ0v) is 9.62. The third kappa shape index (κ3) is 1.92. The second kappa shape index (κ2) is 4.17. The Kier molecular flexibility index (Phi) is 2.70. The van der Waals surface area contributed by atoms with E-state index in [4.69, 9.17) is 0 Å². The van der Waals surface area contributed by atoms with Gasteiger partial charge in [0.2, 0.25) is 0 Å². The van der Waals surface area contributed by atoms with Crippen molar-refractivity contribution >= 4 is 0 Å². The molecular formula is C13H22N2.